The van der Waals surface area contributed by atoms with Crippen LogP contribution >= 0.6 is 0 Å². The molecular formula is C23H20N4O6. The predicted octanol–water partition coefficient (Wildman–Crippen LogP) is 4.48. The highest BCUT2D eigenvalue weighted by atomic mass is 16.6. The molecule has 10 nitrogen and oxygen atoms in total. The summed E-state index contributed by atoms with van der Waals surface area (Å²) in [7, 11) is 0. The van der Waals surface area contributed by atoms with E-state index in [1.54, 1.807) is 44.2 Å². The van der Waals surface area contributed by atoms with Crippen molar-refractivity contribution in [1.82, 2.24) is 0 Å². The quantitative estimate of drug-likeness (QED) is 0.310. The topological polar surface area (TPSA) is 144 Å². The van der Waals surface area contributed by atoms with Gasteiger partial charge in [-0.1, -0.05) is 30.3 Å². The van der Waals surface area contributed by atoms with E-state index in [-0.39, 0.29) is 11.4 Å². The predicted molar refractivity (Wildman–Crippen MR) is 122 cm³/mol. The van der Waals surface area contributed by atoms with E-state index >= 15 is 0 Å². The van der Waals surface area contributed by atoms with Crippen molar-refractivity contribution in [1.29, 1.82) is 0 Å². The fourth-order valence-corrected chi connectivity index (χ4v) is 3.28. The summed E-state index contributed by atoms with van der Waals surface area (Å²) >= 11 is 0. The number of rotatable bonds is 7. The zero-order valence-corrected chi connectivity index (χ0v) is 17.8. The lowest BCUT2D eigenvalue weighted by Crippen LogP contribution is -2.32. The molecule has 2 amide bonds. The molecule has 3 aromatic rings. The van der Waals surface area contributed by atoms with Crippen LogP contribution in [-0.2, 0) is 9.59 Å². The van der Waals surface area contributed by atoms with Crippen molar-refractivity contribution < 1.29 is 19.4 Å². The van der Waals surface area contributed by atoms with Gasteiger partial charge in [0.1, 0.15) is 5.92 Å². The number of nitrogens with one attached hydrogen (secondary N) is 2. The van der Waals surface area contributed by atoms with E-state index in [0.717, 1.165) is 0 Å². The van der Waals surface area contributed by atoms with Crippen molar-refractivity contribution in [3.8, 4) is 0 Å². The van der Waals surface area contributed by atoms with Crippen LogP contribution in [0.2, 0.25) is 0 Å². The van der Waals surface area contributed by atoms with E-state index in [1.165, 1.54) is 36.4 Å². The maximum absolute atomic E-state index is 13.1. The molecule has 168 valence electrons. The molecule has 0 bridgehead atoms. The number of hydrogen-bond acceptors (Lipinski definition) is 6. The van der Waals surface area contributed by atoms with E-state index in [4.69, 9.17) is 0 Å². The molecule has 33 heavy (non-hydrogen) atoms. The van der Waals surface area contributed by atoms with Gasteiger partial charge in [-0.25, -0.2) is 0 Å². The van der Waals surface area contributed by atoms with Crippen LogP contribution in [0.25, 0.3) is 0 Å². The van der Waals surface area contributed by atoms with Crippen LogP contribution in [0, 0.1) is 34.1 Å². The number of carbonyl (C=O) groups is 2. The molecule has 0 heterocycles. The molecule has 0 aromatic heterocycles. The van der Waals surface area contributed by atoms with Gasteiger partial charge in [0.15, 0.2) is 0 Å². The molecule has 0 spiro atoms. The lowest BCUT2D eigenvalue weighted by molar-refractivity contribution is -0.385. The first-order valence-electron chi connectivity index (χ1n) is 9.84. The third-order valence-corrected chi connectivity index (χ3v) is 5.01. The van der Waals surface area contributed by atoms with E-state index in [2.05, 4.69) is 10.6 Å². The minimum atomic E-state index is -1.24. The number of anilines is 2. The lowest BCUT2D eigenvalue weighted by atomic mass is 9.96. The van der Waals surface area contributed by atoms with Crippen molar-refractivity contribution in [3.63, 3.8) is 0 Å². The fraction of sp³-hybridized carbons (Fsp3) is 0.130. The highest BCUT2D eigenvalue weighted by Crippen LogP contribution is 2.26. The summed E-state index contributed by atoms with van der Waals surface area (Å²) in [6, 6.07) is 16.4. The number of amides is 2. The highest BCUT2D eigenvalue weighted by Gasteiger charge is 2.29. The average molecular weight is 448 g/mol. The summed E-state index contributed by atoms with van der Waals surface area (Å²) in [5.41, 5.74) is 1.82. The van der Waals surface area contributed by atoms with Gasteiger partial charge in [0.25, 0.3) is 11.4 Å². The zero-order chi connectivity index (χ0) is 24.1. The van der Waals surface area contributed by atoms with Crippen molar-refractivity contribution >= 4 is 34.6 Å². The van der Waals surface area contributed by atoms with Gasteiger partial charge in [-0.3, -0.25) is 29.8 Å². The molecule has 0 saturated carbocycles. The summed E-state index contributed by atoms with van der Waals surface area (Å²) in [4.78, 5) is 47.1. The summed E-state index contributed by atoms with van der Waals surface area (Å²) in [5, 5.41) is 27.3. The van der Waals surface area contributed by atoms with Crippen molar-refractivity contribution in [2.45, 2.75) is 19.8 Å². The maximum Gasteiger partial charge on any atom is 0.269 e. The van der Waals surface area contributed by atoms with Gasteiger partial charge < -0.3 is 10.6 Å². The first-order chi connectivity index (χ1) is 15.7. The molecule has 0 aliphatic heterocycles. The van der Waals surface area contributed by atoms with Crippen LogP contribution in [0.3, 0.4) is 0 Å². The van der Waals surface area contributed by atoms with Crippen LogP contribution in [-0.4, -0.2) is 21.7 Å². The highest BCUT2D eigenvalue weighted by molar-refractivity contribution is 6.15. The third kappa shape index (κ3) is 5.37. The molecule has 0 atom stereocenters. The van der Waals surface area contributed by atoms with E-state index in [0.29, 0.717) is 28.1 Å². The van der Waals surface area contributed by atoms with Gasteiger partial charge in [-0.2, -0.15) is 0 Å². The van der Waals surface area contributed by atoms with Crippen molar-refractivity contribution in [2.24, 2.45) is 0 Å². The van der Waals surface area contributed by atoms with Crippen LogP contribution in [0.4, 0.5) is 22.7 Å². The first kappa shape index (κ1) is 23.1. The van der Waals surface area contributed by atoms with E-state index in [1.807, 2.05) is 0 Å². The monoisotopic (exact) mass is 448 g/mol. The van der Waals surface area contributed by atoms with Crippen LogP contribution in [0.15, 0.2) is 66.7 Å². The minimum absolute atomic E-state index is 0.114. The average Bonchev–Trinajstić information content (AvgIpc) is 2.77. The smallest absolute Gasteiger partial charge is 0.269 e. The molecule has 3 rings (SSSR count). The Morgan fingerprint density at radius 3 is 1.52 bits per heavy atom. The molecule has 0 radical (unpaired) electrons. The number of hydrogen-bond donors (Lipinski definition) is 2. The molecule has 0 unspecified atom stereocenters. The largest absolute Gasteiger partial charge is 0.325 e. The van der Waals surface area contributed by atoms with Gasteiger partial charge in [-0.15, -0.1) is 0 Å². The van der Waals surface area contributed by atoms with Gasteiger partial charge in [0.05, 0.1) is 9.85 Å². The number of carbonyl (C=O) groups excluding carboxylic acids is 2. The Morgan fingerprint density at radius 2 is 1.15 bits per heavy atom. The molecule has 0 fully saturated rings. The third-order valence-electron chi connectivity index (χ3n) is 5.01. The Labute approximate surface area is 188 Å². The number of benzene rings is 3. The van der Waals surface area contributed by atoms with Crippen LogP contribution in [0.5, 0.6) is 0 Å². The number of nitro benzene ring substituents is 2. The standard InChI is InChI=1S/C23H20N4O6/c1-14-12-17(26(30)31)8-10-19(14)24-22(28)21(16-6-4-3-5-7-16)23(29)25-20-11-9-18(27(32)33)13-15(20)2/h3-13,21H,1-2H3,(H,24,28)(H,25,29). The molecule has 0 aliphatic carbocycles. The maximum atomic E-state index is 13.1. The van der Waals surface area contributed by atoms with Crippen LogP contribution in [0.1, 0.15) is 22.6 Å². The number of aryl methyl sites for hydroxylation is 2. The minimum Gasteiger partial charge on any atom is -0.325 e. The zero-order valence-electron chi connectivity index (χ0n) is 17.8. The molecule has 0 aliphatic rings. The van der Waals surface area contributed by atoms with Crippen molar-refractivity contribution in [3.05, 3.63) is 104 Å². The SMILES string of the molecule is Cc1cc([N+](=O)[O-])ccc1NC(=O)C(C(=O)Nc1ccc([N+](=O)[O-])cc1C)c1ccccc1. The second-order valence-electron chi connectivity index (χ2n) is 7.33. The summed E-state index contributed by atoms with van der Waals surface area (Å²) in [6.45, 7) is 3.22. The number of nitro groups is 2. The second kappa shape index (κ2) is 9.69. The molecular weight excluding hydrogens is 428 g/mol. The second-order valence-corrected chi connectivity index (χ2v) is 7.33. The van der Waals surface area contributed by atoms with E-state index < -0.39 is 27.6 Å². The molecule has 2 N–H and O–H groups in total. The van der Waals surface area contributed by atoms with Gasteiger partial charge in [0, 0.05) is 35.6 Å². The summed E-state index contributed by atoms with van der Waals surface area (Å²) in [5.74, 6) is -2.50. The summed E-state index contributed by atoms with van der Waals surface area (Å²) < 4.78 is 0. The van der Waals surface area contributed by atoms with Gasteiger partial charge >= 0.3 is 0 Å². The Hall–Kier alpha value is -4.60. The molecule has 10 heteroatoms. The Morgan fingerprint density at radius 1 is 0.727 bits per heavy atom. The Bertz CT molecular complexity index is 1170. The molecule has 0 saturated heterocycles. The normalized spacial score (nSPS) is 10.5. The summed E-state index contributed by atoms with van der Waals surface area (Å²) in [6.07, 6.45) is 0. The number of nitrogens with zero attached hydrogens (tertiary/aromatic N) is 2. The number of non-ortho nitro benzene ring substituents is 2. The van der Waals surface area contributed by atoms with Crippen LogP contribution < -0.4 is 10.6 Å². The molecule has 3 aromatic carbocycles. The lowest BCUT2D eigenvalue weighted by Gasteiger charge is -2.18. The Balaban J connectivity index is 1.89. The fourth-order valence-electron chi connectivity index (χ4n) is 3.28. The first-order valence-corrected chi connectivity index (χ1v) is 9.84. The van der Waals surface area contributed by atoms with E-state index in [9.17, 15) is 29.8 Å². The Kier molecular flexibility index (Phi) is 6.77. The van der Waals surface area contributed by atoms with Gasteiger partial charge in [-0.05, 0) is 42.7 Å². The van der Waals surface area contributed by atoms with Crippen molar-refractivity contribution in [2.75, 3.05) is 10.6 Å². The van der Waals surface area contributed by atoms with Gasteiger partial charge in [0.2, 0.25) is 11.8 Å².